The Hall–Kier alpha value is -2.66. The third-order valence-electron chi connectivity index (χ3n) is 5.44. The fourth-order valence-corrected chi connectivity index (χ4v) is 3.82. The second kappa shape index (κ2) is 9.90. The Morgan fingerprint density at radius 3 is 2.43 bits per heavy atom. The monoisotopic (exact) mass is 408 g/mol. The van der Waals surface area contributed by atoms with Crippen LogP contribution in [0.25, 0.3) is 5.82 Å². The fourth-order valence-electron chi connectivity index (χ4n) is 3.82. The molecule has 0 fully saturated rings. The summed E-state index contributed by atoms with van der Waals surface area (Å²) in [4.78, 5) is 6.99. The van der Waals surface area contributed by atoms with Gasteiger partial charge in [-0.25, -0.2) is 9.37 Å². The third-order valence-corrected chi connectivity index (χ3v) is 5.44. The zero-order chi connectivity index (χ0) is 21.7. The van der Waals surface area contributed by atoms with Gasteiger partial charge in [0.05, 0.1) is 0 Å². The van der Waals surface area contributed by atoms with E-state index in [1.54, 1.807) is 12.1 Å². The maximum atomic E-state index is 14.2. The molecule has 2 heterocycles. The molecule has 160 valence electrons. The van der Waals surface area contributed by atoms with E-state index in [0.717, 1.165) is 55.2 Å². The standard InChI is InChI=1S/C25H33FN4/c1-6-27-11-12-29(5)24-16-21(15-22(26)17-24)9-10-23-13-18(2)14-25(28-23)30-19(3)7-8-20(30)4/h7-8,13-17,27H,6,9-12H2,1-5H3. The number of halogens is 1. The van der Waals surface area contributed by atoms with Crippen molar-refractivity contribution in [3.8, 4) is 5.82 Å². The van der Waals surface area contributed by atoms with Gasteiger partial charge in [-0.3, -0.25) is 0 Å². The van der Waals surface area contributed by atoms with Crippen molar-refractivity contribution in [2.45, 2.75) is 40.5 Å². The summed E-state index contributed by atoms with van der Waals surface area (Å²) < 4.78 is 16.4. The van der Waals surface area contributed by atoms with Crippen LogP contribution < -0.4 is 10.2 Å². The maximum Gasteiger partial charge on any atom is 0.137 e. The van der Waals surface area contributed by atoms with E-state index in [1.165, 1.54) is 17.0 Å². The minimum Gasteiger partial charge on any atom is -0.373 e. The number of nitrogens with one attached hydrogen (secondary N) is 1. The van der Waals surface area contributed by atoms with Crippen LogP contribution in [0.4, 0.5) is 10.1 Å². The van der Waals surface area contributed by atoms with Gasteiger partial charge in [-0.15, -0.1) is 0 Å². The SMILES string of the molecule is CCNCCN(C)c1cc(F)cc(CCc2cc(C)cc(-n3c(C)ccc3C)n2)c1. The summed E-state index contributed by atoms with van der Waals surface area (Å²) in [6.07, 6.45) is 1.53. The van der Waals surface area contributed by atoms with E-state index in [9.17, 15) is 4.39 Å². The van der Waals surface area contributed by atoms with Crippen molar-refractivity contribution in [1.82, 2.24) is 14.9 Å². The lowest BCUT2D eigenvalue weighted by Gasteiger charge is -2.20. The average molecular weight is 409 g/mol. The summed E-state index contributed by atoms with van der Waals surface area (Å²) in [5, 5.41) is 3.31. The molecule has 1 N–H and O–H groups in total. The zero-order valence-corrected chi connectivity index (χ0v) is 18.8. The molecule has 0 bridgehead atoms. The molecule has 0 atom stereocenters. The number of hydrogen-bond donors (Lipinski definition) is 1. The van der Waals surface area contributed by atoms with E-state index < -0.39 is 0 Å². The van der Waals surface area contributed by atoms with Crippen molar-refractivity contribution in [3.63, 3.8) is 0 Å². The quantitative estimate of drug-likeness (QED) is 0.518. The molecule has 0 radical (unpaired) electrons. The van der Waals surface area contributed by atoms with E-state index in [4.69, 9.17) is 4.98 Å². The van der Waals surface area contributed by atoms with Crippen molar-refractivity contribution in [1.29, 1.82) is 0 Å². The number of likely N-dealkylation sites (N-methyl/N-ethyl adjacent to an activating group) is 2. The predicted octanol–water partition coefficient (Wildman–Crippen LogP) is 4.77. The van der Waals surface area contributed by atoms with Crippen LogP contribution in [0.3, 0.4) is 0 Å². The second-order valence-electron chi connectivity index (χ2n) is 8.04. The van der Waals surface area contributed by atoms with Gasteiger partial charge in [-0.2, -0.15) is 0 Å². The Labute approximate surface area is 179 Å². The summed E-state index contributed by atoms with van der Waals surface area (Å²) in [6, 6.07) is 13.8. The molecule has 0 aliphatic rings. The van der Waals surface area contributed by atoms with Crippen LogP contribution in [-0.4, -0.2) is 36.2 Å². The Kier molecular flexibility index (Phi) is 7.27. The molecule has 0 unspecified atom stereocenters. The summed E-state index contributed by atoms with van der Waals surface area (Å²) in [6.45, 7) is 11.0. The zero-order valence-electron chi connectivity index (χ0n) is 18.8. The van der Waals surface area contributed by atoms with Crippen LogP contribution >= 0.6 is 0 Å². The van der Waals surface area contributed by atoms with Crippen LogP contribution in [0.2, 0.25) is 0 Å². The number of pyridine rings is 1. The topological polar surface area (TPSA) is 33.1 Å². The van der Waals surface area contributed by atoms with Gasteiger partial charge in [0.2, 0.25) is 0 Å². The molecule has 4 nitrogen and oxygen atoms in total. The lowest BCUT2D eigenvalue weighted by atomic mass is 10.1. The molecule has 3 aromatic rings. The van der Waals surface area contributed by atoms with E-state index in [1.807, 2.05) is 7.05 Å². The average Bonchev–Trinajstić information content (AvgIpc) is 3.04. The Morgan fingerprint density at radius 2 is 1.73 bits per heavy atom. The van der Waals surface area contributed by atoms with Crippen LogP contribution in [0.1, 0.15) is 35.1 Å². The van der Waals surface area contributed by atoms with E-state index in [0.29, 0.717) is 0 Å². The lowest BCUT2D eigenvalue weighted by molar-refractivity contribution is 0.623. The minimum absolute atomic E-state index is 0.186. The van der Waals surface area contributed by atoms with Gasteiger partial charge in [0.1, 0.15) is 11.6 Å². The first-order valence-electron chi connectivity index (χ1n) is 10.7. The molecule has 0 saturated heterocycles. The Bertz CT molecular complexity index is 973. The maximum absolute atomic E-state index is 14.2. The number of benzene rings is 1. The second-order valence-corrected chi connectivity index (χ2v) is 8.04. The van der Waals surface area contributed by atoms with E-state index >= 15 is 0 Å². The van der Waals surface area contributed by atoms with Gasteiger partial charge in [0, 0.05) is 42.9 Å². The highest BCUT2D eigenvalue weighted by Gasteiger charge is 2.10. The summed E-state index contributed by atoms with van der Waals surface area (Å²) in [5.41, 5.74) is 6.48. The smallest absolute Gasteiger partial charge is 0.137 e. The summed E-state index contributed by atoms with van der Waals surface area (Å²) in [5.74, 6) is 0.766. The molecule has 0 aliphatic carbocycles. The molecule has 1 aromatic carbocycles. The fraction of sp³-hybridized carbons (Fsp3) is 0.400. The molecule has 0 saturated carbocycles. The van der Waals surface area contributed by atoms with Gasteiger partial charge in [-0.05, 0) is 93.7 Å². The highest BCUT2D eigenvalue weighted by molar-refractivity contribution is 5.48. The number of nitrogens with zero attached hydrogens (tertiary/aromatic N) is 3. The molecule has 0 aliphatic heterocycles. The highest BCUT2D eigenvalue weighted by atomic mass is 19.1. The summed E-state index contributed by atoms with van der Waals surface area (Å²) >= 11 is 0. The van der Waals surface area contributed by atoms with Crippen molar-refractivity contribution < 1.29 is 4.39 Å². The number of hydrogen-bond acceptors (Lipinski definition) is 3. The Morgan fingerprint density at radius 1 is 1.00 bits per heavy atom. The molecule has 0 spiro atoms. The van der Waals surface area contributed by atoms with Crippen molar-refractivity contribution in [3.05, 3.63) is 76.5 Å². The predicted molar refractivity (Wildman–Crippen MR) is 123 cm³/mol. The van der Waals surface area contributed by atoms with Gasteiger partial charge >= 0.3 is 0 Å². The molecule has 30 heavy (non-hydrogen) atoms. The largest absolute Gasteiger partial charge is 0.373 e. The molecular formula is C25H33FN4. The highest BCUT2D eigenvalue weighted by Crippen LogP contribution is 2.20. The molecular weight excluding hydrogens is 375 g/mol. The lowest BCUT2D eigenvalue weighted by Crippen LogP contribution is -2.29. The van der Waals surface area contributed by atoms with Crippen molar-refractivity contribution in [2.24, 2.45) is 0 Å². The van der Waals surface area contributed by atoms with Crippen LogP contribution in [0.5, 0.6) is 0 Å². The first kappa shape index (κ1) is 22.0. The van der Waals surface area contributed by atoms with Crippen molar-refractivity contribution >= 4 is 5.69 Å². The van der Waals surface area contributed by atoms with E-state index in [-0.39, 0.29) is 5.82 Å². The number of aryl methyl sites for hydroxylation is 5. The van der Waals surface area contributed by atoms with E-state index in [2.05, 4.69) is 72.8 Å². The number of anilines is 1. The first-order valence-corrected chi connectivity index (χ1v) is 10.7. The summed E-state index contributed by atoms with van der Waals surface area (Å²) in [7, 11) is 2.01. The number of aromatic nitrogens is 2. The van der Waals surface area contributed by atoms with Gasteiger partial charge in [0.25, 0.3) is 0 Å². The molecule has 2 aromatic heterocycles. The molecule has 5 heteroatoms. The molecule has 3 rings (SSSR count). The van der Waals surface area contributed by atoms with Crippen LogP contribution in [-0.2, 0) is 12.8 Å². The first-order chi connectivity index (χ1) is 14.4. The van der Waals surface area contributed by atoms with Crippen LogP contribution in [0, 0.1) is 26.6 Å². The van der Waals surface area contributed by atoms with Crippen molar-refractivity contribution in [2.75, 3.05) is 31.6 Å². The normalized spacial score (nSPS) is 11.1. The van der Waals surface area contributed by atoms with Gasteiger partial charge < -0.3 is 14.8 Å². The molecule has 0 amide bonds. The third kappa shape index (κ3) is 5.48. The van der Waals surface area contributed by atoms with Gasteiger partial charge in [0.15, 0.2) is 0 Å². The number of rotatable bonds is 9. The Balaban J connectivity index is 1.76. The van der Waals surface area contributed by atoms with Crippen LogP contribution in [0.15, 0.2) is 42.5 Å². The minimum atomic E-state index is -0.186. The van der Waals surface area contributed by atoms with Gasteiger partial charge in [-0.1, -0.05) is 6.92 Å².